The molecule has 2 aromatic carbocycles. The number of alkyl halides is 3. The molecule has 118 valence electrons. The van der Waals surface area contributed by atoms with Crippen LogP contribution in [0, 0.1) is 0 Å². The molecule has 0 aliphatic carbocycles. The van der Waals surface area contributed by atoms with Crippen LogP contribution in [0.2, 0.25) is 0 Å². The summed E-state index contributed by atoms with van der Waals surface area (Å²) in [4.78, 5) is -0.141. The normalized spacial score (nSPS) is 12.1. The molecule has 0 aliphatic heterocycles. The molecule has 0 fully saturated rings. The highest BCUT2D eigenvalue weighted by Gasteiger charge is 2.31. The van der Waals surface area contributed by atoms with E-state index in [2.05, 4.69) is 9.46 Å². The minimum Gasteiger partial charge on any atom is -0.406 e. The Labute approximate surface area is 125 Å². The van der Waals surface area contributed by atoms with Crippen molar-refractivity contribution in [3.05, 3.63) is 60.2 Å². The monoisotopic (exact) mass is 331 g/mol. The van der Waals surface area contributed by atoms with Gasteiger partial charge in [0.15, 0.2) is 0 Å². The molecule has 0 unspecified atom stereocenters. The van der Waals surface area contributed by atoms with Crippen molar-refractivity contribution >= 4 is 10.0 Å². The molecule has 1 N–H and O–H groups in total. The molecule has 0 atom stereocenters. The molecule has 0 saturated carbocycles. The van der Waals surface area contributed by atoms with Gasteiger partial charge in [0, 0.05) is 6.54 Å². The van der Waals surface area contributed by atoms with Gasteiger partial charge >= 0.3 is 6.36 Å². The lowest BCUT2D eigenvalue weighted by molar-refractivity contribution is -0.274. The van der Waals surface area contributed by atoms with Gasteiger partial charge in [0.25, 0.3) is 0 Å². The lowest BCUT2D eigenvalue weighted by Gasteiger charge is -2.10. The fraction of sp³-hybridized carbons (Fsp3) is 0.143. The second-order valence-electron chi connectivity index (χ2n) is 4.33. The highest BCUT2D eigenvalue weighted by molar-refractivity contribution is 7.89. The number of ether oxygens (including phenoxy) is 1. The zero-order chi connectivity index (χ0) is 16.2. The minimum atomic E-state index is -4.81. The molecule has 4 nitrogen and oxygen atoms in total. The number of rotatable bonds is 5. The second kappa shape index (κ2) is 6.37. The fourth-order valence-corrected chi connectivity index (χ4v) is 2.70. The Morgan fingerprint density at radius 2 is 1.55 bits per heavy atom. The van der Waals surface area contributed by atoms with Crippen molar-refractivity contribution in [1.82, 2.24) is 4.72 Å². The van der Waals surface area contributed by atoms with E-state index in [-0.39, 0.29) is 11.4 Å². The summed E-state index contributed by atoms with van der Waals surface area (Å²) in [7, 11) is -3.81. The molecule has 22 heavy (non-hydrogen) atoms. The number of benzene rings is 2. The molecule has 2 aromatic rings. The Hall–Kier alpha value is -2.06. The molecule has 0 heterocycles. The van der Waals surface area contributed by atoms with Gasteiger partial charge in [-0.3, -0.25) is 0 Å². The first-order chi connectivity index (χ1) is 10.3. The first-order valence-corrected chi connectivity index (χ1v) is 7.64. The predicted molar refractivity (Wildman–Crippen MR) is 73.6 cm³/mol. The van der Waals surface area contributed by atoms with Gasteiger partial charge in [0.2, 0.25) is 10.0 Å². The van der Waals surface area contributed by atoms with Crippen LogP contribution in [0.3, 0.4) is 0 Å². The molecular weight excluding hydrogens is 319 g/mol. The Bertz CT molecular complexity index is 713. The number of halogens is 3. The van der Waals surface area contributed by atoms with Gasteiger partial charge in [-0.1, -0.05) is 30.3 Å². The smallest absolute Gasteiger partial charge is 0.406 e. The summed E-state index contributed by atoms with van der Waals surface area (Å²) in [5.74, 6) is -0.477. The van der Waals surface area contributed by atoms with E-state index in [1.54, 1.807) is 30.3 Å². The maximum absolute atomic E-state index is 12.0. The Morgan fingerprint density at radius 1 is 0.955 bits per heavy atom. The van der Waals surface area contributed by atoms with E-state index in [1.165, 1.54) is 0 Å². The van der Waals surface area contributed by atoms with E-state index >= 15 is 0 Å². The maximum Gasteiger partial charge on any atom is 0.573 e. The predicted octanol–water partition coefficient (Wildman–Crippen LogP) is 3.06. The van der Waals surface area contributed by atoms with Crippen molar-refractivity contribution in [3.63, 3.8) is 0 Å². The highest BCUT2D eigenvalue weighted by Crippen LogP contribution is 2.23. The second-order valence-corrected chi connectivity index (χ2v) is 6.10. The molecule has 0 bridgehead atoms. The van der Waals surface area contributed by atoms with Crippen LogP contribution in [0.4, 0.5) is 13.2 Å². The summed E-state index contributed by atoms with van der Waals surface area (Å²) in [5, 5.41) is 0. The van der Waals surface area contributed by atoms with Crippen molar-refractivity contribution in [3.8, 4) is 5.75 Å². The molecule has 8 heteroatoms. The average molecular weight is 331 g/mol. The van der Waals surface area contributed by atoms with E-state index < -0.39 is 22.1 Å². The quantitative estimate of drug-likeness (QED) is 0.916. The number of nitrogens with one attached hydrogen (secondary N) is 1. The summed E-state index contributed by atoms with van der Waals surface area (Å²) >= 11 is 0. The van der Waals surface area contributed by atoms with Crippen molar-refractivity contribution in [2.24, 2.45) is 0 Å². The van der Waals surface area contributed by atoms with Crippen molar-refractivity contribution in [1.29, 1.82) is 0 Å². The third kappa shape index (κ3) is 4.74. The van der Waals surface area contributed by atoms with Crippen LogP contribution in [-0.2, 0) is 16.6 Å². The van der Waals surface area contributed by atoms with Crippen LogP contribution in [-0.4, -0.2) is 14.8 Å². The first-order valence-electron chi connectivity index (χ1n) is 6.16. The lowest BCUT2D eigenvalue weighted by atomic mass is 10.2. The molecule has 0 saturated heterocycles. The maximum atomic E-state index is 12.0. The van der Waals surface area contributed by atoms with Gasteiger partial charge in [0.05, 0.1) is 4.90 Å². The number of hydrogen-bond acceptors (Lipinski definition) is 3. The summed E-state index contributed by atoms with van der Waals surface area (Å²) in [6.07, 6.45) is -4.81. The van der Waals surface area contributed by atoms with E-state index in [0.29, 0.717) is 0 Å². The highest BCUT2D eigenvalue weighted by atomic mass is 32.2. The summed E-state index contributed by atoms with van der Waals surface area (Å²) in [6.45, 7) is 0.0873. The van der Waals surface area contributed by atoms with Gasteiger partial charge in [0.1, 0.15) is 5.75 Å². The molecule has 0 aliphatic rings. The summed E-state index contributed by atoms with van der Waals surface area (Å²) < 4.78 is 66.2. The molecule has 0 spiro atoms. The van der Waals surface area contributed by atoms with E-state index in [0.717, 1.165) is 29.8 Å². The van der Waals surface area contributed by atoms with Gasteiger partial charge < -0.3 is 4.74 Å². The largest absolute Gasteiger partial charge is 0.573 e. The first kappa shape index (κ1) is 16.3. The Morgan fingerprint density at radius 3 is 2.09 bits per heavy atom. The Balaban J connectivity index is 2.06. The SMILES string of the molecule is O=S(=O)(NCc1ccccc1)c1ccc(OC(F)(F)F)cc1. The van der Waals surface area contributed by atoms with Gasteiger partial charge in [-0.15, -0.1) is 13.2 Å². The number of sulfonamides is 1. The van der Waals surface area contributed by atoms with E-state index in [4.69, 9.17) is 0 Å². The standard InChI is InChI=1S/C14H12F3NO3S/c15-14(16,17)21-12-6-8-13(9-7-12)22(19,20)18-10-11-4-2-1-3-5-11/h1-9,18H,10H2. The van der Waals surface area contributed by atoms with E-state index in [1.807, 2.05) is 0 Å². The van der Waals surface area contributed by atoms with Crippen LogP contribution < -0.4 is 9.46 Å². The topological polar surface area (TPSA) is 55.4 Å². The lowest BCUT2D eigenvalue weighted by Crippen LogP contribution is -2.23. The zero-order valence-corrected chi connectivity index (χ0v) is 12.0. The van der Waals surface area contributed by atoms with Crippen molar-refractivity contribution in [2.75, 3.05) is 0 Å². The van der Waals surface area contributed by atoms with E-state index in [9.17, 15) is 21.6 Å². The molecular formula is C14H12F3NO3S. The third-order valence-electron chi connectivity index (χ3n) is 2.68. The minimum absolute atomic E-state index is 0.0873. The van der Waals surface area contributed by atoms with Crippen LogP contribution in [0.5, 0.6) is 5.75 Å². The third-order valence-corrected chi connectivity index (χ3v) is 4.09. The molecule has 0 aromatic heterocycles. The summed E-state index contributed by atoms with van der Waals surface area (Å²) in [5.41, 5.74) is 0.767. The Kier molecular flexibility index (Phi) is 4.72. The van der Waals surface area contributed by atoms with Crippen LogP contribution in [0.25, 0.3) is 0 Å². The molecule has 0 amide bonds. The van der Waals surface area contributed by atoms with Crippen molar-refractivity contribution in [2.45, 2.75) is 17.8 Å². The van der Waals surface area contributed by atoms with Crippen LogP contribution in [0.15, 0.2) is 59.5 Å². The van der Waals surface area contributed by atoms with Gasteiger partial charge in [-0.2, -0.15) is 0 Å². The fourth-order valence-electron chi connectivity index (χ4n) is 1.68. The summed E-state index contributed by atoms with van der Waals surface area (Å²) in [6, 6.07) is 12.8. The molecule has 0 radical (unpaired) electrons. The average Bonchev–Trinajstić information content (AvgIpc) is 2.45. The van der Waals surface area contributed by atoms with Crippen LogP contribution in [0.1, 0.15) is 5.56 Å². The number of hydrogen-bond donors (Lipinski definition) is 1. The zero-order valence-electron chi connectivity index (χ0n) is 11.2. The molecule has 2 rings (SSSR count). The van der Waals surface area contributed by atoms with Crippen molar-refractivity contribution < 1.29 is 26.3 Å². The van der Waals surface area contributed by atoms with Gasteiger partial charge in [-0.25, -0.2) is 13.1 Å². The van der Waals surface area contributed by atoms with Crippen LogP contribution >= 0.6 is 0 Å². The van der Waals surface area contributed by atoms with Gasteiger partial charge in [-0.05, 0) is 29.8 Å².